The zero-order valence-corrected chi connectivity index (χ0v) is 10.6. The largest absolute Gasteiger partial charge is 0.313 e. The Balaban J connectivity index is 2.23. The van der Waals surface area contributed by atoms with E-state index < -0.39 is 0 Å². The third kappa shape index (κ3) is 5.01. The SMILES string of the molecule is CC#CCCNC(C)Cc1ccc(C)s1. The third-order valence-electron chi connectivity index (χ3n) is 2.22. The summed E-state index contributed by atoms with van der Waals surface area (Å²) in [5.41, 5.74) is 0. The van der Waals surface area contributed by atoms with Gasteiger partial charge in [-0.2, -0.15) is 0 Å². The van der Waals surface area contributed by atoms with Gasteiger partial charge < -0.3 is 5.32 Å². The molecular formula is C13H19NS. The summed E-state index contributed by atoms with van der Waals surface area (Å²) in [6.07, 6.45) is 2.07. The second-order valence-electron chi connectivity index (χ2n) is 3.75. The predicted octanol–water partition coefficient (Wildman–Crippen LogP) is 2.99. The van der Waals surface area contributed by atoms with Gasteiger partial charge in [0.1, 0.15) is 0 Å². The summed E-state index contributed by atoms with van der Waals surface area (Å²) < 4.78 is 0. The molecule has 82 valence electrons. The van der Waals surface area contributed by atoms with Crippen molar-refractivity contribution in [3.05, 3.63) is 21.9 Å². The van der Waals surface area contributed by atoms with Gasteiger partial charge in [0.25, 0.3) is 0 Å². The highest BCUT2D eigenvalue weighted by atomic mass is 32.1. The molecule has 1 atom stereocenters. The van der Waals surface area contributed by atoms with E-state index in [1.165, 1.54) is 9.75 Å². The van der Waals surface area contributed by atoms with Gasteiger partial charge >= 0.3 is 0 Å². The molecule has 2 heteroatoms. The van der Waals surface area contributed by atoms with Gasteiger partial charge in [0.15, 0.2) is 0 Å². The minimum Gasteiger partial charge on any atom is -0.313 e. The quantitative estimate of drug-likeness (QED) is 0.595. The van der Waals surface area contributed by atoms with E-state index in [2.05, 4.69) is 43.1 Å². The van der Waals surface area contributed by atoms with Crippen LogP contribution in [0.15, 0.2) is 12.1 Å². The number of hydrogen-bond acceptors (Lipinski definition) is 2. The Morgan fingerprint density at radius 2 is 2.27 bits per heavy atom. The molecule has 0 aromatic carbocycles. The smallest absolute Gasteiger partial charge is 0.0214 e. The fraction of sp³-hybridized carbons (Fsp3) is 0.538. The molecule has 0 aliphatic rings. The van der Waals surface area contributed by atoms with Crippen molar-refractivity contribution in [2.45, 2.75) is 39.7 Å². The first-order valence-electron chi connectivity index (χ1n) is 5.40. The summed E-state index contributed by atoms with van der Waals surface area (Å²) in [6, 6.07) is 4.96. The van der Waals surface area contributed by atoms with Gasteiger partial charge in [-0.25, -0.2) is 0 Å². The van der Waals surface area contributed by atoms with E-state index in [9.17, 15) is 0 Å². The summed E-state index contributed by atoms with van der Waals surface area (Å²) in [6.45, 7) is 7.27. The monoisotopic (exact) mass is 221 g/mol. The van der Waals surface area contributed by atoms with E-state index >= 15 is 0 Å². The Bertz CT molecular complexity index is 343. The molecule has 0 fully saturated rings. The Labute approximate surface area is 96.9 Å². The maximum absolute atomic E-state index is 3.48. The highest BCUT2D eigenvalue weighted by Crippen LogP contribution is 2.16. The van der Waals surface area contributed by atoms with Gasteiger partial charge in [0.2, 0.25) is 0 Å². The molecule has 1 heterocycles. The van der Waals surface area contributed by atoms with E-state index in [1.54, 1.807) is 0 Å². The third-order valence-corrected chi connectivity index (χ3v) is 3.25. The molecule has 1 aromatic rings. The molecule has 15 heavy (non-hydrogen) atoms. The van der Waals surface area contributed by atoms with Crippen molar-refractivity contribution in [3.8, 4) is 11.8 Å². The summed E-state index contributed by atoms with van der Waals surface area (Å²) in [4.78, 5) is 2.86. The van der Waals surface area contributed by atoms with Gasteiger partial charge in [0.05, 0.1) is 0 Å². The Kier molecular flexibility index (Phi) is 5.45. The Morgan fingerprint density at radius 1 is 1.47 bits per heavy atom. The molecule has 0 aliphatic carbocycles. The first-order valence-corrected chi connectivity index (χ1v) is 6.22. The second-order valence-corrected chi connectivity index (χ2v) is 5.12. The summed E-state index contributed by atoms with van der Waals surface area (Å²) in [5.74, 6) is 5.97. The molecule has 1 rings (SSSR count). The average molecular weight is 221 g/mol. The Morgan fingerprint density at radius 3 is 2.87 bits per heavy atom. The average Bonchev–Trinajstić information content (AvgIpc) is 2.59. The molecule has 1 N–H and O–H groups in total. The van der Waals surface area contributed by atoms with E-state index in [-0.39, 0.29) is 0 Å². The molecule has 0 radical (unpaired) electrons. The number of aryl methyl sites for hydroxylation is 1. The summed E-state index contributed by atoms with van der Waals surface area (Å²) in [7, 11) is 0. The van der Waals surface area contributed by atoms with Gasteiger partial charge in [-0.3, -0.25) is 0 Å². The van der Waals surface area contributed by atoms with E-state index in [0.29, 0.717) is 6.04 Å². The van der Waals surface area contributed by atoms with Gasteiger partial charge in [0, 0.05) is 28.8 Å². The molecule has 1 nitrogen and oxygen atoms in total. The first-order chi connectivity index (χ1) is 7.22. The molecule has 1 aromatic heterocycles. The van der Waals surface area contributed by atoms with Crippen molar-refractivity contribution >= 4 is 11.3 Å². The summed E-state index contributed by atoms with van der Waals surface area (Å²) >= 11 is 1.89. The molecule has 0 saturated carbocycles. The van der Waals surface area contributed by atoms with E-state index in [1.807, 2.05) is 18.3 Å². The molecule has 1 unspecified atom stereocenters. The minimum absolute atomic E-state index is 0.543. The normalized spacial score (nSPS) is 11.9. The number of rotatable bonds is 5. The zero-order chi connectivity index (χ0) is 11.1. The van der Waals surface area contributed by atoms with Crippen LogP contribution in [0.3, 0.4) is 0 Å². The number of hydrogen-bond donors (Lipinski definition) is 1. The first kappa shape index (κ1) is 12.3. The van der Waals surface area contributed by atoms with Crippen LogP contribution in [0.2, 0.25) is 0 Å². The van der Waals surface area contributed by atoms with E-state index in [0.717, 1.165) is 19.4 Å². The lowest BCUT2D eigenvalue weighted by Crippen LogP contribution is -2.28. The van der Waals surface area contributed by atoms with Crippen LogP contribution >= 0.6 is 11.3 Å². The van der Waals surface area contributed by atoms with Crippen molar-refractivity contribution in [1.29, 1.82) is 0 Å². The lowest BCUT2D eigenvalue weighted by molar-refractivity contribution is 0.557. The Hall–Kier alpha value is -0.780. The van der Waals surface area contributed by atoms with Crippen LogP contribution in [0.4, 0.5) is 0 Å². The fourth-order valence-corrected chi connectivity index (χ4v) is 2.49. The highest BCUT2D eigenvalue weighted by molar-refractivity contribution is 7.11. The predicted molar refractivity (Wildman–Crippen MR) is 68.3 cm³/mol. The fourth-order valence-electron chi connectivity index (χ4n) is 1.47. The van der Waals surface area contributed by atoms with Crippen molar-refractivity contribution in [3.63, 3.8) is 0 Å². The maximum Gasteiger partial charge on any atom is 0.0214 e. The highest BCUT2D eigenvalue weighted by Gasteiger charge is 2.03. The maximum atomic E-state index is 3.48. The van der Waals surface area contributed by atoms with Crippen LogP contribution in [0, 0.1) is 18.8 Å². The number of thiophene rings is 1. The van der Waals surface area contributed by atoms with Crippen LogP contribution in [0.5, 0.6) is 0 Å². The molecule has 0 bridgehead atoms. The van der Waals surface area contributed by atoms with Gasteiger partial charge in [-0.05, 0) is 39.3 Å². The topological polar surface area (TPSA) is 12.0 Å². The van der Waals surface area contributed by atoms with Crippen molar-refractivity contribution in [2.24, 2.45) is 0 Å². The van der Waals surface area contributed by atoms with Crippen LogP contribution in [-0.4, -0.2) is 12.6 Å². The van der Waals surface area contributed by atoms with Crippen LogP contribution in [0.25, 0.3) is 0 Å². The zero-order valence-electron chi connectivity index (χ0n) is 9.76. The molecular weight excluding hydrogens is 202 g/mol. The lowest BCUT2D eigenvalue weighted by atomic mass is 10.2. The standard InChI is InChI=1S/C13H19NS/c1-4-5-6-9-14-11(2)10-13-8-7-12(3)15-13/h7-8,11,14H,6,9-10H2,1-3H3. The molecule has 0 spiro atoms. The second kappa shape index (κ2) is 6.66. The van der Waals surface area contributed by atoms with E-state index in [4.69, 9.17) is 0 Å². The molecule has 0 saturated heterocycles. The molecule has 0 amide bonds. The number of nitrogens with one attached hydrogen (secondary N) is 1. The summed E-state index contributed by atoms with van der Waals surface area (Å²) in [5, 5.41) is 3.48. The minimum atomic E-state index is 0.543. The van der Waals surface area contributed by atoms with Crippen molar-refractivity contribution in [2.75, 3.05) is 6.54 Å². The van der Waals surface area contributed by atoms with Crippen LogP contribution < -0.4 is 5.32 Å². The van der Waals surface area contributed by atoms with Crippen LogP contribution in [0.1, 0.15) is 30.0 Å². The molecule has 0 aliphatic heterocycles. The lowest BCUT2D eigenvalue weighted by Gasteiger charge is -2.11. The van der Waals surface area contributed by atoms with Crippen LogP contribution in [-0.2, 0) is 6.42 Å². The van der Waals surface area contributed by atoms with Gasteiger partial charge in [-0.1, -0.05) is 0 Å². The van der Waals surface area contributed by atoms with Crippen molar-refractivity contribution in [1.82, 2.24) is 5.32 Å². The van der Waals surface area contributed by atoms with Gasteiger partial charge in [-0.15, -0.1) is 23.2 Å². The van der Waals surface area contributed by atoms with Crippen molar-refractivity contribution < 1.29 is 0 Å².